The van der Waals surface area contributed by atoms with E-state index in [0.29, 0.717) is 47.4 Å². The number of aromatic nitrogens is 3. The maximum atomic E-state index is 16.1. The quantitative estimate of drug-likeness (QED) is 0.110. The Hall–Kier alpha value is -4.51. The van der Waals surface area contributed by atoms with Crippen LogP contribution in [-0.2, 0) is 19.6 Å². The Morgan fingerprint density at radius 1 is 0.885 bits per heavy atom. The van der Waals surface area contributed by atoms with Crippen molar-refractivity contribution >= 4 is 44.8 Å². The molecule has 5 heterocycles. The van der Waals surface area contributed by atoms with Crippen molar-refractivity contribution in [3.63, 3.8) is 0 Å². The van der Waals surface area contributed by atoms with Crippen molar-refractivity contribution in [2.24, 2.45) is 11.8 Å². The first-order valence-electron chi connectivity index (χ1n) is 21.9. The standard InChI is InChI=1S/C45H57FN8O5S2/c1-2-26-61(57,58)52-37-5-3-4-36(40(37)46)41-42(38-16-21-48-45(47)49-38)60-44(51-41)32-19-24-54(25-20-32)28-30-17-22-53(23-18-30)27-29-6-10-33(11-7-29)59-34-12-8-31(9-13-34)35-14-15-39(55)50-43(35)56/h3-5,8-9,12-13,16,21,29-30,32-33,35,52H,2,6-7,10-11,14-15,17-20,22-28H2,1H3,(H2,47,48,49)(H,50,55,56)/t29?,33?,35-/m0/s1. The number of rotatable bonds is 14. The maximum absolute atomic E-state index is 16.1. The van der Waals surface area contributed by atoms with Gasteiger partial charge in [0.25, 0.3) is 0 Å². The molecule has 1 aliphatic carbocycles. The zero-order chi connectivity index (χ0) is 42.5. The van der Waals surface area contributed by atoms with Gasteiger partial charge in [0.1, 0.15) is 5.75 Å². The van der Waals surface area contributed by atoms with Gasteiger partial charge in [0.15, 0.2) is 5.82 Å². The molecule has 4 aliphatic rings. The minimum atomic E-state index is -3.69. The normalized spacial score (nSPS) is 22.6. The van der Waals surface area contributed by atoms with Crippen LogP contribution in [0.1, 0.15) is 100.0 Å². The van der Waals surface area contributed by atoms with Crippen LogP contribution in [0.2, 0.25) is 0 Å². The van der Waals surface area contributed by atoms with Crippen LogP contribution in [0.3, 0.4) is 0 Å². The van der Waals surface area contributed by atoms with Gasteiger partial charge in [-0.25, -0.2) is 27.8 Å². The number of imide groups is 1. The summed E-state index contributed by atoms with van der Waals surface area (Å²) in [6, 6.07) is 14.3. The molecular formula is C45H57FN8O5S2. The molecule has 0 radical (unpaired) electrons. The van der Waals surface area contributed by atoms with E-state index in [0.717, 1.165) is 81.3 Å². The molecule has 0 bridgehead atoms. The SMILES string of the molecule is CCCS(=O)(=O)Nc1cccc(-c2nc(C3CCN(CC4CCN(CC5CCC(Oc6ccc([C@@H]7CCC(=O)NC7=O)cc6)CC5)CC4)CC3)sc2-c2ccnc(N)n2)c1F. The van der Waals surface area contributed by atoms with Crippen molar-refractivity contribution in [1.29, 1.82) is 0 Å². The molecular weight excluding hydrogens is 816 g/mol. The molecule has 1 atom stereocenters. The Labute approximate surface area is 362 Å². The fraction of sp³-hybridized carbons (Fsp3) is 0.533. The number of benzene rings is 2. The van der Waals surface area contributed by atoms with Gasteiger partial charge in [-0.2, -0.15) is 0 Å². The molecule has 3 saturated heterocycles. The summed E-state index contributed by atoms with van der Waals surface area (Å²) in [4.78, 5) is 43.3. The lowest BCUT2D eigenvalue weighted by Crippen LogP contribution is -2.43. The summed E-state index contributed by atoms with van der Waals surface area (Å²) in [6.45, 7) is 8.29. The van der Waals surface area contributed by atoms with Crippen molar-refractivity contribution in [3.05, 3.63) is 71.1 Å². The van der Waals surface area contributed by atoms with Crippen LogP contribution >= 0.6 is 11.3 Å². The molecule has 1 saturated carbocycles. The first-order chi connectivity index (χ1) is 29.5. The summed E-state index contributed by atoms with van der Waals surface area (Å²) in [7, 11) is -3.69. The van der Waals surface area contributed by atoms with E-state index in [2.05, 4.69) is 29.8 Å². The van der Waals surface area contributed by atoms with Gasteiger partial charge < -0.3 is 20.3 Å². The van der Waals surface area contributed by atoms with Gasteiger partial charge in [-0.05, 0) is 138 Å². The number of thiazole rings is 1. The average Bonchev–Trinajstić information content (AvgIpc) is 3.69. The fourth-order valence-electron chi connectivity index (χ4n) is 9.51. The van der Waals surface area contributed by atoms with Crippen LogP contribution in [-0.4, -0.2) is 96.1 Å². The predicted molar refractivity (Wildman–Crippen MR) is 236 cm³/mol. The third-order valence-corrected chi connectivity index (χ3v) is 15.6. The molecule has 4 N–H and O–H groups in total. The van der Waals surface area contributed by atoms with Crippen molar-refractivity contribution in [1.82, 2.24) is 30.1 Å². The van der Waals surface area contributed by atoms with E-state index in [-0.39, 0.29) is 52.7 Å². The monoisotopic (exact) mass is 872 g/mol. The van der Waals surface area contributed by atoms with E-state index >= 15 is 4.39 Å². The van der Waals surface area contributed by atoms with Crippen LogP contribution in [0.4, 0.5) is 16.0 Å². The van der Waals surface area contributed by atoms with Crippen molar-refractivity contribution in [3.8, 4) is 27.6 Å². The number of carbonyl (C=O) groups is 2. The van der Waals surface area contributed by atoms with Gasteiger partial charge in [0.05, 0.1) is 44.7 Å². The Kier molecular flexibility index (Phi) is 13.6. The summed E-state index contributed by atoms with van der Waals surface area (Å²) in [5, 5.41) is 3.37. The fourth-order valence-corrected chi connectivity index (χ4v) is 11.9. The van der Waals surface area contributed by atoms with E-state index in [1.165, 1.54) is 43.1 Å². The molecule has 2 aromatic heterocycles. The number of nitrogens with zero attached hydrogens (tertiary/aromatic N) is 5. The summed E-state index contributed by atoms with van der Waals surface area (Å²) >= 11 is 1.50. The number of anilines is 2. The third kappa shape index (κ3) is 10.8. The van der Waals surface area contributed by atoms with Gasteiger partial charge >= 0.3 is 0 Å². The number of nitrogens with two attached hydrogens (primary N) is 1. The molecule has 0 spiro atoms. The van der Waals surface area contributed by atoms with E-state index < -0.39 is 15.8 Å². The molecule has 4 aromatic rings. The summed E-state index contributed by atoms with van der Waals surface area (Å²) < 4.78 is 49.9. The van der Waals surface area contributed by atoms with Crippen molar-refractivity contribution in [2.75, 3.05) is 55.5 Å². The van der Waals surface area contributed by atoms with Crippen LogP contribution in [0.5, 0.6) is 5.75 Å². The lowest BCUT2D eigenvalue weighted by molar-refractivity contribution is -0.134. The predicted octanol–water partition coefficient (Wildman–Crippen LogP) is 7.19. The Bertz CT molecular complexity index is 2270. The highest BCUT2D eigenvalue weighted by atomic mass is 32.2. The van der Waals surface area contributed by atoms with E-state index in [1.807, 2.05) is 24.3 Å². The minimum absolute atomic E-state index is 0.101. The number of halogens is 1. The molecule has 8 rings (SSSR count). The van der Waals surface area contributed by atoms with Crippen molar-refractivity contribution < 1.29 is 27.1 Å². The van der Waals surface area contributed by atoms with Gasteiger partial charge in [-0.1, -0.05) is 25.1 Å². The molecule has 4 fully saturated rings. The van der Waals surface area contributed by atoms with E-state index in [9.17, 15) is 18.0 Å². The lowest BCUT2D eigenvalue weighted by atomic mass is 9.86. The van der Waals surface area contributed by atoms with Crippen molar-refractivity contribution in [2.45, 2.75) is 95.5 Å². The minimum Gasteiger partial charge on any atom is -0.490 e. The lowest BCUT2D eigenvalue weighted by Gasteiger charge is -2.39. The van der Waals surface area contributed by atoms with Gasteiger partial charge in [-0.15, -0.1) is 11.3 Å². The smallest absolute Gasteiger partial charge is 0.234 e. The van der Waals surface area contributed by atoms with Crippen LogP contribution in [0.15, 0.2) is 54.7 Å². The number of nitrogens with one attached hydrogen (secondary N) is 2. The largest absolute Gasteiger partial charge is 0.490 e. The second-order valence-electron chi connectivity index (χ2n) is 17.3. The van der Waals surface area contributed by atoms with Crippen LogP contribution in [0, 0.1) is 17.7 Å². The number of nitrogen functional groups attached to an aromatic ring is 1. The average molecular weight is 873 g/mol. The Balaban J connectivity index is 0.797. The summed E-state index contributed by atoms with van der Waals surface area (Å²) in [5.74, 6) is 1.10. The number of sulfonamides is 1. The zero-order valence-electron chi connectivity index (χ0n) is 34.9. The first-order valence-corrected chi connectivity index (χ1v) is 24.4. The van der Waals surface area contributed by atoms with Gasteiger partial charge in [-0.3, -0.25) is 19.6 Å². The second kappa shape index (κ2) is 19.3. The number of hydrogen-bond donors (Lipinski definition) is 3. The molecule has 13 nitrogen and oxygen atoms in total. The molecule has 3 aliphatic heterocycles. The third-order valence-electron chi connectivity index (χ3n) is 12.8. The number of piperidine rings is 3. The second-order valence-corrected chi connectivity index (χ2v) is 20.1. The first kappa shape index (κ1) is 43.2. The van der Waals surface area contributed by atoms with E-state index in [4.69, 9.17) is 15.5 Å². The number of likely N-dealkylation sites (tertiary alicyclic amines) is 2. The zero-order valence-corrected chi connectivity index (χ0v) is 36.5. The number of carbonyl (C=O) groups excluding carboxylic acids is 2. The number of ether oxygens (including phenoxy) is 1. The molecule has 61 heavy (non-hydrogen) atoms. The van der Waals surface area contributed by atoms with Crippen LogP contribution < -0.4 is 20.5 Å². The van der Waals surface area contributed by atoms with E-state index in [1.54, 1.807) is 31.3 Å². The van der Waals surface area contributed by atoms with Gasteiger partial charge in [0.2, 0.25) is 27.8 Å². The molecule has 2 amide bonds. The van der Waals surface area contributed by atoms with Gasteiger partial charge in [0, 0.05) is 37.2 Å². The summed E-state index contributed by atoms with van der Waals surface area (Å²) in [6.07, 6.45) is 11.9. The Morgan fingerprint density at radius 2 is 1.57 bits per heavy atom. The topological polar surface area (TPSA) is 173 Å². The van der Waals surface area contributed by atoms with Crippen LogP contribution in [0.25, 0.3) is 21.8 Å². The highest BCUT2D eigenvalue weighted by Crippen LogP contribution is 2.43. The number of hydrogen-bond acceptors (Lipinski definition) is 12. The summed E-state index contributed by atoms with van der Waals surface area (Å²) in [5.41, 5.74) is 7.99. The molecule has 2 aromatic carbocycles. The number of amides is 2. The highest BCUT2D eigenvalue weighted by molar-refractivity contribution is 7.92. The molecule has 326 valence electrons. The molecule has 16 heteroatoms. The highest BCUT2D eigenvalue weighted by Gasteiger charge is 2.32. The Morgan fingerprint density at radius 3 is 2.25 bits per heavy atom. The molecule has 0 unspecified atom stereocenters. The maximum Gasteiger partial charge on any atom is 0.234 e.